The van der Waals surface area contributed by atoms with Gasteiger partial charge in [0.25, 0.3) is 0 Å². The van der Waals surface area contributed by atoms with E-state index in [0.717, 1.165) is 11.3 Å². The smallest absolute Gasteiger partial charge is 0.315 e. The fourth-order valence-corrected chi connectivity index (χ4v) is 1.39. The molecule has 0 unspecified atom stereocenters. The van der Waals surface area contributed by atoms with E-state index in [2.05, 4.69) is 10.1 Å². The third-order valence-corrected chi connectivity index (χ3v) is 2.23. The summed E-state index contributed by atoms with van der Waals surface area (Å²) >= 11 is 0. The molecule has 0 aliphatic heterocycles. The van der Waals surface area contributed by atoms with Crippen LogP contribution in [0.25, 0.3) is 0 Å². The molecular formula is C13H17NO4. The average molecular weight is 251 g/mol. The molecule has 1 N–H and O–H groups in total. The van der Waals surface area contributed by atoms with Crippen LogP contribution in [0.2, 0.25) is 0 Å². The fourth-order valence-electron chi connectivity index (χ4n) is 1.39. The molecule has 0 aromatic heterocycles. The van der Waals surface area contributed by atoms with E-state index in [4.69, 9.17) is 4.74 Å². The number of nitrogens with one attached hydrogen (secondary N) is 1. The van der Waals surface area contributed by atoms with Gasteiger partial charge < -0.3 is 14.8 Å². The molecule has 98 valence electrons. The zero-order chi connectivity index (χ0) is 13.4. The molecule has 5 nitrogen and oxygen atoms in total. The first kappa shape index (κ1) is 14.0. The minimum atomic E-state index is -0.513. The van der Waals surface area contributed by atoms with E-state index in [1.165, 1.54) is 0 Å². The number of carbonyl (C=O) groups excluding carboxylic acids is 2. The quantitative estimate of drug-likeness (QED) is 0.610. The number of benzene rings is 1. The highest BCUT2D eigenvalue weighted by atomic mass is 16.5. The number of hydrogen-bond donors (Lipinski definition) is 1. The summed E-state index contributed by atoms with van der Waals surface area (Å²) in [5, 5.41) is 2.64. The van der Waals surface area contributed by atoms with Gasteiger partial charge in [0.05, 0.1) is 13.7 Å². The number of amides is 1. The Morgan fingerprint density at radius 1 is 1.33 bits per heavy atom. The van der Waals surface area contributed by atoms with Gasteiger partial charge in [0, 0.05) is 6.54 Å². The highest BCUT2D eigenvalue weighted by molar-refractivity contribution is 5.94. The molecular weight excluding hydrogens is 234 g/mol. The number of methoxy groups -OCH3 is 1. The lowest BCUT2D eigenvalue weighted by Crippen LogP contribution is -2.26. The molecule has 1 aromatic rings. The number of hydrogen-bond acceptors (Lipinski definition) is 4. The third kappa shape index (κ3) is 4.86. The van der Waals surface area contributed by atoms with Crippen molar-refractivity contribution in [2.24, 2.45) is 0 Å². The van der Waals surface area contributed by atoms with Gasteiger partial charge in [-0.25, -0.2) is 0 Å². The van der Waals surface area contributed by atoms with Crippen LogP contribution in [0.15, 0.2) is 24.3 Å². The molecule has 0 heterocycles. The molecule has 0 bridgehead atoms. The summed E-state index contributed by atoms with van der Waals surface area (Å²) in [5.41, 5.74) is 0.909. The van der Waals surface area contributed by atoms with Gasteiger partial charge in [-0.3, -0.25) is 9.59 Å². The van der Waals surface area contributed by atoms with E-state index in [9.17, 15) is 9.59 Å². The van der Waals surface area contributed by atoms with Crippen molar-refractivity contribution in [1.82, 2.24) is 5.32 Å². The highest BCUT2D eigenvalue weighted by Crippen LogP contribution is 2.12. The summed E-state index contributed by atoms with van der Waals surface area (Å²) in [4.78, 5) is 22.5. The summed E-state index contributed by atoms with van der Waals surface area (Å²) in [6.07, 6.45) is -0.252. The van der Waals surface area contributed by atoms with Crippen LogP contribution in [0.4, 0.5) is 0 Å². The second kappa shape index (κ2) is 7.32. The van der Waals surface area contributed by atoms with Crippen LogP contribution in [0.5, 0.6) is 5.75 Å². The summed E-state index contributed by atoms with van der Waals surface area (Å²) < 4.78 is 9.75. The van der Waals surface area contributed by atoms with Crippen molar-refractivity contribution in [3.63, 3.8) is 0 Å². The lowest BCUT2D eigenvalue weighted by Gasteiger charge is -2.06. The Morgan fingerprint density at radius 3 is 2.78 bits per heavy atom. The first-order valence-corrected chi connectivity index (χ1v) is 5.71. The molecule has 0 radical (unpaired) electrons. The first-order valence-electron chi connectivity index (χ1n) is 5.71. The lowest BCUT2D eigenvalue weighted by molar-refractivity contribution is -0.146. The second-order valence-corrected chi connectivity index (χ2v) is 3.61. The van der Waals surface area contributed by atoms with Crippen molar-refractivity contribution in [3.8, 4) is 5.75 Å². The van der Waals surface area contributed by atoms with Gasteiger partial charge >= 0.3 is 5.97 Å². The molecule has 0 saturated heterocycles. The Hall–Kier alpha value is -2.04. The number of rotatable bonds is 6. The van der Waals surface area contributed by atoms with Crippen molar-refractivity contribution < 1.29 is 19.1 Å². The summed E-state index contributed by atoms with van der Waals surface area (Å²) in [6, 6.07) is 7.35. The van der Waals surface area contributed by atoms with Crippen LogP contribution in [0.1, 0.15) is 18.9 Å². The summed E-state index contributed by atoms with van der Waals surface area (Å²) in [5.74, 6) is -0.135. The maximum atomic E-state index is 11.4. The zero-order valence-corrected chi connectivity index (χ0v) is 10.6. The molecule has 1 aromatic carbocycles. The van der Waals surface area contributed by atoms with Gasteiger partial charge in [-0.2, -0.15) is 0 Å². The van der Waals surface area contributed by atoms with Crippen LogP contribution in [0.3, 0.4) is 0 Å². The molecule has 18 heavy (non-hydrogen) atoms. The number of carbonyl (C=O) groups is 2. The second-order valence-electron chi connectivity index (χ2n) is 3.61. The van der Waals surface area contributed by atoms with E-state index in [1.807, 2.05) is 24.3 Å². The van der Waals surface area contributed by atoms with Crippen LogP contribution in [-0.4, -0.2) is 25.6 Å². The normalized spacial score (nSPS) is 9.67. The molecule has 0 atom stereocenters. The van der Waals surface area contributed by atoms with Crippen molar-refractivity contribution in [2.45, 2.75) is 19.9 Å². The SMILES string of the molecule is CCOC(=O)CC(=O)NCc1cccc(OC)c1. The predicted molar refractivity (Wildman–Crippen MR) is 66.1 cm³/mol. The minimum Gasteiger partial charge on any atom is -0.497 e. The van der Waals surface area contributed by atoms with Crippen LogP contribution < -0.4 is 10.1 Å². The highest BCUT2D eigenvalue weighted by Gasteiger charge is 2.09. The van der Waals surface area contributed by atoms with Gasteiger partial charge in [0.1, 0.15) is 12.2 Å². The van der Waals surface area contributed by atoms with E-state index in [1.54, 1.807) is 14.0 Å². The van der Waals surface area contributed by atoms with Gasteiger partial charge in [0.15, 0.2) is 0 Å². The Bertz CT molecular complexity index is 417. The van der Waals surface area contributed by atoms with E-state index in [0.29, 0.717) is 6.54 Å². The molecule has 0 spiro atoms. The molecule has 1 rings (SSSR count). The molecule has 1 amide bonds. The van der Waals surface area contributed by atoms with Crippen LogP contribution >= 0.6 is 0 Å². The predicted octanol–water partition coefficient (Wildman–Crippen LogP) is 1.26. The average Bonchev–Trinajstić information content (AvgIpc) is 2.37. The van der Waals surface area contributed by atoms with E-state index < -0.39 is 5.97 Å². The largest absolute Gasteiger partial charge is 0.497 e. The molecule has 0 saturated carbocycles. The number of ether oxygens (including phenoxy) is 2. The van der Waals surface area contributed by atoms with E-state index >= 15 is 0 Å². The summed E-state index contributed by atoms with van der Waals surface area (Å²) in [6.45, 7) is 2.34. The van der Waals surface area contributed by atoms with Crippen LogP contribution in [-0.2, 0) is 20.9 Å². The zero-order valence-electron chi connectivity index (χ0n) is 10.6. The van der Waals surface area contributed by atoms with Crippen molar-refractivity contribution >= 4 is 11.9 Å². The topological polar surface area (TPSA) is 64.6 Å². The van der Waals surface area contributed by atoms with Gasteiger partial charge in [-0.1, -0.05) is 12.1 Å². The summed E-state index contributed by atoms with van der Waals surface area (Å²) in [7, 11) is 1.58. The lowest BCUT2D eigenvalue weighted by atomic mass is 10.2. The first-order chi connectivity index (χ1) is 8.65. The Labute approximate surface area is 106 Å². The Morgan fingerprint density at radius 2 is 2.11 bits per heavy atom. The van der Waals surface area contributed by atoms with Gasteiger partial charge in [-0.15, -0.1) is 0 Å². The third-order valence-electron chi connectivity index (χ3n) is 2.23. The van der Waals surface area contributed by atoms with Crippen molar-refractivity contribution in [3.05, 3.63) is 29.8 Å². The minimum absolute atomic E-state index is 0.252. The fraction of sp³-hybridized carbons (Fsp3) is 0.385. The maximum absolute atomic E-state index is 11.4. The van der Waals surface area contributed by atoms with Gasteiger partial charge in [0.2, 0.25) is 5.91 Å². The van der Waals surface area contributed by atoms with Crippen LogP contribution in [0, 0.1) is 0 Å². The molecule has 0 aliphatic carbocycles. The maximum Gasteiger partial charge on any atom is 0.315 e. The van der Waals surface area contributed by atoms with E-state index in [-0.39, 0.29) is 18.9 Å². The molecule has 0 fully saturated rings. The Balaban J connectivity index is 2.40. The molecule has 0 aliphatic rings. The van der Waals surface area contributed by atoms with Gasteiger partial charge in [-0.05, 0) is 24.6 Å². The monoisotopic (exact) mass is 251 g/mol. The standard InChI is InChI=1S/C13H17NO4/c1-3-18-13(16)8-12(15)14-9-10-5-4-6-11(7-10)17-2/h4-7H,3,8-9H2,1-2H3,(H,14,15). The number of esters is 1. The Kier molecular flexibility index (Phi) is 5.70. The van der Waals surface area contributed by atoms with Crippen molar-refractivity contribution in [2.75, 3.05) is 13.7 Å². The molecule has 5 heteroatoms. The van der Waals surface area contributed by atoms with Crippen molar-refractivity contribution in [1.29, 1.82) is 0 Å².